The zero-order chi connectivity index (χ0) is 24.7. The summed E-state index contributed by atoms with van der Waals surface area (Å²) >= 11 is 1.24. The van der Waals surface area contributed by atoms with E-state index >= 15 is 0 Å². The summed E-state index contributed by atoms with van der Waals surface area (Å²) in [5.41, 5.74) is 4.79. The summed E-state index contributed by atoms with van der Waals surface area (Å²) in [6.45, 7) is -0.495. The van der Waals surface area contributed by atoms with Gasteiger partial charge in [0, 0.05) is 16.7 Å². The maximum absolute atomic E-state index is 13.7. The third kappa shape index (κ3) is 4.58. The summed E-state index contributed by atoms with van der Waals surface area (Å²) in [5, 5.41) is 35.1. The van der Waals surface area contributed by atoms with Crippen molar-refractivity contribution in [1.82, 2.24) is 16.0 Å². The van der Waals surface area contributed by atoms with Crippen LogP contribution in [-0.2, 0) is 4.74 Å². The Balaban J connectivity index is 1.40. The van der Waals surface area contributed by atoms with Crippen LogP contribution >= 0.6 is 11.8 Å². The zero-order valence-electron chi connectivity index (χ0n) is 18.1. The first-order valence-corrected chi connectivity index (χ1v) is 11.7. The van der Waals surface area contributed by atoms with Gasteiger partial charge in [-0.3, -0.25) is 5.01 Å². The normalized spacial score (nSPS) is 26.6. The summed E-state index contributed by atoms with van der Waals surface area (Å²) < 4.78 is 46.5. The molecule has 5 unspecified atom stereocenters. The van der Waals surface area contributed by atoms with E-state index in [0.29, 0.717) is 0 Å². The van der Waals surface area contributed by atoms with E-state index in [9.17, 15) is 28.5 Å². The summed E-state index contributed by atoms with van der Waals surface area (Å²) in [6, 6.07) is 14.3. The van der Waals surface area contributed by atoms with E-state index in [-0.39, 0.29) is 11.3 Å². The van der Waals surface area contributed by atoms with Crippen LogP contribution in [0.1, 0.15) is 5.56 Å². The molecule has 5 rings (SSSR count). The molecule has 0 bridgehead atoms. The van der Waals surface area contributed by atoms with Crippen LogP contribution in [0, 0.1) is 17.5 Å². The molecular weight excluding hydrogens is 483 g/mol. The summed E-state index contributed by atoms with van der Waals surface area (Å²) in [6.07, 6.45) is -2.16. The van der Waals surface area contributed by atoms with Gasteiger partial charge in [-0.25, -0.2) is 13.2 Å². The van der Waals surface area contributed by atoms with Crippen molar-refractivity contribution in [1.29, 1.82) is 0 Å². The average Bonchev–Trinajstić information content (AvgIpc) is 3.34. The number of aliphatic hydroxyl groups excluding tert-OH is 3. The number of hydrazine groups is 2. The lowest BCUT2D eigenvalue weighted by molar-refractivity contribution is -0.189. The SMILES string of the molecule is OCC1OC(Sc2ccc3ccccc3c2)C(O)C(N2C=C(c3cc(F)c(F)c(F)c3)NN2)C1O. The summed E-state index contributed by atoms with van der Waals surface area (Å²) in [4.78, 5) is 0.820. The lowest BCUT2D eigenvalue weighted by atomic mass is 9.97. The highest BCUT2D eigenvalue weighted by Crippen LogP contribution is 2.36. The van der Waals surface area contributed by atoms with Gasteiger partial charge in [-0.15, -0.1) is 5.53 Å². The van der Waals surface area contributed by atoms with E-state index in [1.165, 1.54) is 23.0 Å². The first-order chi connectivity index (χ1) is 16.9. The first kappa shape index (κ1) is 23.9. The zero-order valence-corrected chi connectivity index (χ0v) is 18.9. The summed E-state index contributed by atoms with van der Waals surface area (Å²) in [5.74, 6) is -4.27. The highest BCUT2D eigenvalue weighted by atomic mass is 32.2. The molecule has 35 heavy (non-hydrogen) atoms. The summed E-state index contributed by atoms with van der Waals surface area (Å²) in [7, 11) is 0. The molecular formula is C24H22F3N3O4S. The van der Waals surface area contributed by atoms with E-state index in [1.54, 1.807) is 0 Å². The van der Waals surface area contributed by atoms with Gasteiger partial charge in [-0.2, -0.15) is 0 Å². The van der Waals surface area contributed by atoms with Crippen molar-refractivity contribution in [2.24, 2.45) is 0 Å². The van der Waals surface area contributed by atoms with Crippen molar-refractivity contribution in [3.63, 3.8) is 0 Å². The van der Waals surface area contributed by atoms with E-state index in [0.717, 1.165) is 27.8 Å². The molecule has 3 aromatic carbocycles. The number of benzene rings is 3. The molecule has 0 aromatic heterocycles. The van der Waals surface area contributed by atoms with Crippen LogP contribution in [0.4, 0.5) is 13.2 Å². The second-order valence-electron chi connectivity index (χ2n) is 8.26. The fourth-order valence-corrected chi connectivity index (χ4v) is 5.32. The number of thioether (sulfide) groups is 1. The van der Waals surface area contributed by atoms with Crippen molar-refractivity contribution in [3.8, 4) is 0 Å². The monoisotopic (exact) mass is 505 g/mol. The molecule has 2 heterocycles. The molecule has 1 fully saturated rings. The third-order valence-corrected chi connectivity index (χ3v) is 7.17. The number of fused-ring (bicyclic) bond motifs is 1. The second-order valence-corrected chi connectivity index (χ2v) is 9.44. The van der Waals surface area contributed by atoms with Gasteiger partial charge in [0.2, 0.25) is 0 Å². The van der Waals surface area contributed by atoms with Gasteiger partial charge in [0.25, 0.3) is 0 Å². The fraction of sp³-hybridized carbons (Fsp3) is 0.250. The van der Waals surface area contributed by atoms with Crippen LogP contribution < -0.4 is 11.0 Å². The number of nitrogens with one attached hydrogen (secondary N) is 2. The molecule has 0 radical (unpaired) electrons. The van der Waals surface area contributed by atoms with Gasteiger partial charge in [0.15, 0.2) is 17.5 Å². The standard InChI is InChI=1S/C24H22F3N3O4S/c25-16-8-14(9-17(26)20(16)27)18-10-30(29-28-18)21-22(32)19(11-31)34-24(23(21)33)35-15-6-5-12-3-1-2-4-13(12)7-15/h1-10,19,21-24,28-29,31-33H,11H2. The van der Waals surface area contributed by atoms with Crippen LogP contribution in [0.5, 0.6) is 0 Å². The van der Waals surface area contributed by atoms with Crippen LogP contribution in [0.3, 0.4) is 0 Å². The van der Waals surface area contributed by atoms with Crippen molar-refractivity contribution in [3.05, 3.63) is 83.8 Å². The molecule has 11 heteroatoms. The number of rotatable bonds is 5. The Morgan fingerprint density at radius 2 is 1.66 bits per heavy atom. The quantitative estimate of drug-likeness (QED) is 0.338. The minimum Gasteiger partial charge on any atom is -0.394 e. The Bertz CT molecular complexity index is 1260. The Labute approximate surface area is 202 Å². The molecule has 3 aromatic rings. The molecule has 0 aliphatic carbocycles. The highest BCUT2D eigenvalue weighted by molar-refractivity contribution is 7.99. The molecule has 1 saturated heterocycles. The molecule has 0 spiro atoms. The van der Waals surface area contributed by atoms with Crippen LogP contribution in [-0.4, -0.2) is 56.7 Å². The van der Waals surface area contributed by atoms with Crippen molar-refractivity contribution >= 4 is 28.2 Å². The number of hydrogen-bond acceptors (Lipinski definition) is 8. The maximum atomic E-state index is 13.7. The number of nitrogens with zero attached hydrogens (tertiary/aromatic N) is 1. The van der Waals surface area contributed by atoms with Gasteiger partial charge >= 0.3 is 0 Å². The largest absolute Gasteiger partial charge is 0.394 e. The van der Waals surface area contributed by atoms with Crippen molar-refractivity contribution in [2.75, 3.05) is 6.61 Å². The predicted octanol–water partition coefficient (Wildman–Crippen LogP) is 2.48. The maximum Gasteiger partial charge on any atom is 0.194 e. The van der Waals surface area contributed by atoms with Crippen molar-refractivity contribution in [2.45, 2.75) is 34.7 Å². The molecule has 2 aliphatic heterocycles. The van der Waals surface area contributed by atoms with E-state index < -0.39 is 53.8 Å². The molecule has 184 valence electrons. The minimum atomic E-state index is -1.58. The topological polar surface area (TPSA) is 97.2 Å². The molecule has 0 amide bonds. The van der Waals surface area contributed by atoms with E-state index in [2.05, 4.69) is 11.0 Å². The van der Waals surface area contributed by atoms with Gasteiger partial charge in [-0.1, -0.05) is 42.1 Å². The predicted molar refractivity (Wildman–Crippen MR) is 124 cm³/mol. The molecule has 0 saturated carbocycles. The lowest BCUT2D eigenvalue weighted by Crippen LogP contribution is -2.65. The lowest BCUT2D eigenvalue weighted by Gasteiger charge is -2.45. The van der Waals surface area contributed by atoms with Gasteiger partial charge in [0.05, 0.1) is 12.3 Å². The number of aliphatic hydroxyl groups is 3. The molecule has 2 aliphatic rings. The van der Waals surface area contributed by atoms with E-state index in [4.69, 9.17) is 4.74 Å². The highest BCUT2D eigenvalue weighted by Gasteiger charge is 2.48. The molecule has 7 nitrogen and oxygen atoms in total. The average molecular weight is 506 g/mol. The fourth-order valence-electron chi connectivity index (χ4n) is 4.22. The van der Waals surface area contributed by atoms with Crippen molar-refractivity contribution < 1.29 is 33.2 Å². The number of hydrogen-bond donors (Lipinski definition) is 5. The Hall–Kier alpha value is -2.80. The molecule has 5 N–H and O–H groups in total. The van der Waals surface area contributed by atoms with E-state index in [1.807, 2.05) is 42.5 Å². The second kappa shape index (κ2) is 9.69. The Morgan fingerprint density at radius 1 is 0.943 bits per heavy atom. The van der Waals surface area contributed by atoms with Crippen LogP contribution in [0.25, 0.3) is 16.5 Å². The van der Waals surface area contributed by atoms with Gasteiger partial charge in [0.1, 0.15) is 29.8 Å². The number of ether oxygens (including phenoxy) is 1. The van der Waals surface area contributed by atoms with Crippen LogP contribution in [0.15, 0.2) is 65.7 Å². The Kier molecular flexibility index (Phi) is 6.62. The minimum absolute atomic E-state index is 0.0215. The van der Waals surface area contributed by atoms with Crippen LogP contribution in [0.2, 0.25) is 0 Å². The molecule has 5 atom stereocenters. The van der Waals surface area contributed by atoms with Gasteiger partial charge < -0.3 is 25.5 Å². The first-order valence-electron chi connectivity index (χ1n) is 10.8. The van der Waals surface area contributed by atoms with Gasteiger partial charge in [-0.05, 0) is 35.0 Å². The third-order valence-electron chi connectivity index (χ3n) is 6.03. The Morgan fingerprint density at radius 3 is 2.37 bits per heavy atom. The smallest absolute Gasteiger partial charge is 0.194 e. The number of halogens is 3.